The van der Waals surface area contributed by atoms with Crippen molar-refractivity contribution in [1.29, 1.82) is 0 Å². The molecule has 1 atom stereocenters. The molecule has 128 valence electrons. The number of carbonyl (C=O) groups excluding carboxylic acids is 2. The normalized spacial score (nSPS) is 12.0. The van der Waals surface area contributed by atoms with Crippen molar-refractivity contribution in [3.63, 3.8) is 0 Å². The molecule has 0 aliphatic carbocycles. The molecule has 24 heavy (non-hydrogen) atoms. The van der Waals surface area contributed by atoms with Crippen LogP contribution in [0.3, 0.4) is 0 Å². The fourth-order valence-corrected chi connectivity index (χ4v) is 2.97. The third-order valence-corrected chi connectivity index (χ3v) is 4.31. The van der Waals surface area contributed by atoms with Gasteiger partial charge in [-0.2, -0.15) is 0 Å². The minimum Gasteiger partial charge on any atom is -0.394 e. The Morgan fingerprint density at radius 1 is 1.17 bits per heavy atom. The third kappa shape index (κ3) is 5.18. The van der Waals surface area contributed by atoms with Crippen molar-refractivity contribution >= 4 is 28.8 Å². The van der Waals surface area contributed by atoms with Crippen molar-refractivity contribution in [2.24, 2.45) is 5.92 Å². The molecule has 0 saturated carbocycles. The van der Waals surface area contributed by atoms with Crippen LogP contribution in [0.5, 0.6) is 0 Å². The quantitative estimate of drug-likeness (QED) is 0.721. The highest BCUT2D eigenvalue weighted by molar-refractivity contribution is 7.12. The number of hydrogen-bond donors (Lipinski definition) is 3. The Morgan fingerprint density at radius 3 is 2.58 bits per heavy atom. The first-order valence-corrected chi connectivity index (χ1v) is 8.74. The van der Waals surface area contributed by atoms with Crippen LogP contribution in [0.25, 0.3) is 0 Å². The van der Waals surface area contributed by atoms with Gasteiger partial charge in [-0.25, -0.2) is 0 Å². The molecular formula is C18H22N2O3S. The van der Waals surface area contributed by atoms with Gasteiger partial charge in [0.2, 0.25) is 0 Å². The SMILES string of the molecule is CC(C)CC(CO)NC(=O)c1cccc(NC(=O)c2cccs2)c1. The fourth-order valence-electron chi connectivity index (χ4n) is 2.36. The lowest BCUT2D eigenvalue weighted by Gasteiger charge is -2.18. The average molecular weight is 346 g/mol. The molecule has 1 aromatic carbocycles. The number of anilines is 1. The summed E-state index contributed by atoms with van der Waals surface area (Å²) in [6, 6.07) is 10.0. The van der Waals surface area contributed by atoms with Crippen molar-refractivity contribution in [2.45, 2.75) is 26.3 Å². The highest BCUT2D eigenvalue weighted by atomic mass is 32.1. The number of carbonyl (C=O) groups is 2. The molecule has 6 heteroatoms. The predicted octanol–water partition coefficient (Wildman–Crippen LogP) is 3.14. The number of amides is 2. The standard InChI is InChI=1S/C18H22N2O3S/c1-12(2)9-15(11-21)20-17(22)13-5-3-6-14(10-13)19-18(23)16-7-4-8-24-16/h3-8,10,12,15,21H,9,11H2,1-2H3,(H,19,23)(H,20,22). The minimum atomic E-state index is -0.276. The third-order valence-electron chi connectivity index (χ3n) is 3.44. The first-order valence-electron chi connectivity index (χ1n) is 7.86. The van der Waals surface area contributed by atoms with Gasteiger partial charge in [-0.3, -0.25) is 9.59 Å². The number of nitrogens with one attached hydrogen (secondary N) is 2. The van der Waals surface area contributed by atoms with Crippen LogP contribution in [0, 0.1) is 5.92 Å². The molecule has 0 saturated heterocycles. The highest BCUT2D eigenvalue weighted by Crippen LogP contribution is 2.15. The van der Waals surface area contributed by atoms with Crippen molar-refractivity contribution in [3.05, 3.63) is 52.2 Å². The Balaban J connectivity index is 2.03. The van der Waals surface area contributed by atoms with Gasteiger partial charge < -0.3 is 15.7 Å². The molecule has 3 N–H and O–H groups in total. The zero-order valence-corrected chi connectivity index (χ0v) is 14.6. The molecule has 2 aromatic rings. The molecule has 0 fully saturated rings. The Kier molecular flexibility index (Phi) is 6.52. The number of benzene rings is 1. The maximum absolute atomic E-state index is 12.3. The molecule has 0 aliphatic rings. The van der Waals surface area contributed by atoms with E-state index in [1.165, 1.54) is 11.3 Å². The second-order valence-electron chi connectivity index (χ2n) is 5.99. The first-order chi connectivity index (χ1) is 11.5. The lowest BCUT2D eigenvalue weighted by atomic mass is 10.0. The van der Waals surface area contributed by atoms with Crippen LogP contribution in [0.1, 0.15) is 40.3 Å². The van der Waals surface area contributed by atoms with Gasteiger partial charge in [0.15, 0.2) is 0 Å². The molecule has 0 aliphatic heterocycles. The molecule has 1 heterocycles. The Bertz CT molecular complexity index is 683. The van der Waals surface area contributed by atoms with E-state index < -0.39 is 0 Å². The number of rotatable bonds is 7. The van der Waals surface area contributed by atoms with Gasteiger partial charge in [-0.05, 0) is 42.0 Å². The zero-order valence-electron chi connectivity index (χ0n) is 13.8. The van der Waals surface area contributed by atoms with E-state index >= 15 is 0 Å². The van der Waals surface area contributed by atoms with Gasteiger partial charge in [0.25, 0.3) is 11.8 Å². The number of aliphatic hydroxyl groups excluding tert-OH is 1. The maximum Gasteiger partial charge on any atom is 0.265 e. The van der Waals surface area contributed by atoms with Crippen molar-refractivity contribution in [3.8, 4) is 0 Å². The molecular weight excluding hydrogens is 324 g/mol. The fraction of sp³-hybridized carbons (Fsp3) is 0.333. The average Bonchev–Trinajstić information content (AvgIpc) is 3.08. The van der Waals surface area contributed by atoms with Crippen molar-refractivity contribution in [1.82, 2.24) is 5.32 Å². The summed E-state index contributed by atoms with van der Waals surface area (Å²) < 4.78 is 0. The topological polar surface area (TPSA) is 78.4 Å². The lowest BCUT2D eigenvalue weighted by molar-refractivity contribution is 0.0907. The largest absolute Gasteiger partial charge is 0.394 e. The smallest absolute Gasteiger partial charge is 0.265 e. The molecule has 0 spiro atoms. The van der Waals surface area contributed by atoms with Crippen LogP contribution in [-0.4, -0.2) is 29.6 Å². The Labute approximate surface area is 145 Å². The summed E-state index contributed by atoms with van der Waals surface area (Å²) in [6.45, 7) is 3.98. The van der Waals surface area contributed by atoms with E-state index in [-0.39, 0.29) is 24.5 Å². The van der Waals surface area contributed by atoms with Crippen LogP contribution in [-0.2, 0) is 0 Å². The lowest BCUT2D eigenvalue weighted by Crippen LogP contribution is -2.38. The first kappa shape index (κ1) is 18.2. The van der Waals surface area contributed by atoms with Crippen molar-refractivity contribution in [2.75, 3.05) is 11.9 Å². The molecule has 2 rings (SSSR count). The summed E-state index contributed by atoms with van der Waals surface area (Å²) in [5.41, 5.74) is 1.01. The van der Waals surface area contributed by atoms with Gasteiger partial charge >= 0.3 is 0 Å². The summed E-state index contributed by atoms with van der Waals surface area (Å²) >= 11 is 1.36. The van der Waals surface area contributed by atoms with Gasteiger partial charge in [0.1, 0.15) is 0 Å². The number of aliphatic hydroxyl groups is 1. The van der Waals surface area contributed by atoms with Gasteiger partial charge in [-0.15, -0.1) is 11.3 Å². The summed E-state index contributed by atoms with van der Waals surface area (Å²) in [5, 5.41) is 16.8. The van der Waals surface area contributed by atoms with Crippen LogP contribution in [0.2, 0.25) is 0 Å². The Hall–Kier alpha value is -2.18. The zero-order chi connectivity index (χ0) is 17.5. The summed E-state index contributed by atoms with van der Waals surface area (Å²) in [5.74, 6) is -0.0867. The van der Waals surface area contributed by atoms with E-state index in [1.54, 1.807) is 30.3 Å². The van der Waals surface area contributed by atoms with Gasteiger partial charge in [-0.1, -0.05) is 26.0 Å². The van der Waals surface area contributed by atoms with E-state index in [0.717, 1.165) is 0 Å². The predicted molar refractivity (Wildman–Crippen MR) is 96.5 cm³/mol. The summed E-state index contributed by atoms with van der Waals surface area (Å²) in [7, 11) is 0. The monoisotopic (exact) mass is 346 g/mol. The summed E-state index contributed by atoms with van der Waals surface area (Å²) in [6.07, 6.45) is 0.705. The number of hydrogen-bond acceptors (Lipinski definition) is 4. The van der Waals surface area contributed by atoms with Crippen LogP contribution in [0.15, 0.2) is 41.8 Å². The van der Waals surface area contributed by atoms with Crippen LogP contribution in [0.4, 0.5) is 5.69 Å². The second kappa shape index (κ2) is 8.61. The molecule has 2 amide bonds. The van der Waals surface area contributed by atoms with E-state index in [9.17, 15) is 14.7 Å². The second-order valence-corrected chi connectivity index (χ2v) is 6.94. The molecule has 0 bridgehead atoms. The highest BCUT2D eigenvalue weighted by Gasteiger charge is 2.15. The van der Waals surface area contributed by atoms with E-state index in [1.807, 2.05) is 25.3 Å². The molecule has 1 unspecified atom stereocenters. The number of thiophene rings is 1. The Morgan fingerprint density at radius 2 is 1.96 bits per heavy atom. The van der Waals surface area contributed by atoms with Gasteiger partial charge in [0, 0.05) is 11.3 Å². The van der Waals surface area contributed by atoms with Gasteiger partial charge in [0.05, 0.1) is 17.5 Å². The van der Waals surface area contributed by atoms with Crippen LogP contribution < -0.4 is 10.6 Å². The van der Waals surface area contributed by atoms with E-state index in [2.05, 4.69) is 10.6 Å². The molecule has 0 radical (unpaired) electrons. The minimum absolute atomic E-state index is 0.0985. The molecule has 5 nitrogen and oxygen atoms in total. The maximum atomic E-state index is 12.3. The van der Waals surface area contributed by atoms with E-state index in [4.69, 9.17) is 0 Å². The summed E-state index contributed by atoms with van der Waals surface area (Å²) in [4.78, 5) is 25.0. The molecule has 1 aromatic heterocycles. The van der Waals surface area contributed by atoms with Crippen molar-refractivity contribution < 1.29 is 14.7 Å². The van der Waals surface area contributed by atoms with Crippen LogP contribution >= 0.6 is 11.3 Å². The van der Waals surface area contributed by atoms with E-state index in [0.29, 0.717) is 28.5 Å².